The molecule has 0 saturated carbocycles. The minimum atomic E-state index is -0.160. The quantitative estimate of drug-likeness (QED) is 0.855. The fourth-order valence-corrected chi connectivity index (χ4v) is 2.28. The number of nitrogens with zero attached hydrogens (tertiary/aromatic N) is 2. The number of aryl methyl sites for hydroxylation is 2. The molecule has 0 radical (unpaired) electrons. The van der Waals surface area contributed by atoms with Crippen molar-refractivity contribution in [2.24, 2.45) is 0 Å². The number of anilines is 1. The third-order valence-electron chi connectivity index (χ3n) is 3.47. The maximum absolute atomic E-state index is 12.3. The normalized spacial score (nSPS) is 12.1. The Morgan fingerprint density at radius 2 is 2.10 bits per heavy atom. The van der Waals surface area contributed by atoms with E-state index < -0.39 is 0 Å². The van der Waals surface area contributed by atoms with Gasteiger partial charge in [-0.2, -0.15) is 5.10 Å². The van der Waals surface area contributed by atoms with E-state index in [4.69, 9.17) is 5.73 Å². The Bertz CT molecular complexity index is 592. The van der Waals surface area contributed by atoms with E-state index in [1.165, 1.54) is 11.8 Å². The summed E-state index contributed by atoms with van der Waals surface area (Å²) in [5.74, 6) is -0.160. The maximum Gasteiger partial charge on any atom is 0.271 e. The summed E-state index contributed by atoms with van der Waals surface area (Å²) in [6, 6.07) is 10.3. The van der Waals surface area contributed by atoms with Crippen LogP contribution in [-0.4, -0.2) is 21.7 Å². The third-order valence-corrected chi connectivity index (χ3v) is 3.47. The molecule has 2 aromatic rings. The number of rotatable bonds is 6. The molecule has 5 heteroatoms. The summed E-state index contributed by atoms with van der Waals surface area (Å²) in [5.41, 5.74) is 7.96. The van der Waals surface area contributed by atoms with Crippen LogP contribution < -0.4 is 11.1 Å². The van der Waals surface area contributed by atoms with Gasteiger partial charge in [0.25, 0.3) is 5.91 Å². The summed E-state index contributed by atoms with van der Waals surface area (Å²) in [6.07, 6.45) is 3.34. The molecular weight excluding hydrogens is 264 g/mol. The maximum atomic E-state index is 12.3. The highest BCUT2D eigenvalue weighted by atomic mass is 16.2. The standard InChI is InChI=1S/C16H22N4O/c1-3-20-15(14(17)11-18-20)16(21)19-12(2)9-10-13-7-5-4-6-8-13/h4-8,11-12H,3,9-10,17H2,1-2H3,(H,19,21). The molecule has 2 rings (SSSR count). The molecule has 0 aliphatic rings. The van der Waals surface area contributed by atoms with Gasteiger partial charge >= 0.3 is 0 Å². The minimum Gasteiger partial charge on any atom is -0.396 e. The lowest BCUT2D eigenvalue weighted by atomic mass is 10.1. The van der Waals surface area contributed by atoms with Gasteiger partial charge in [-0.3, -0.25) is 9.48 Å². The molecule has 112 valence electrons. The van der Waals surface area contributed by atoms with Crippen LogP contribution in [0.4, 0.5) is 5.69 Å². The van der Waals surface area contributed by atoms with Gasteiger partial charge in [0.2, 0.25) is 0 Å². The Labute approximate surface area is 125 Å². The van der Waals surface area contributed by atoms with Crippen molar-refractivity contribution in [3.63, 3.8) is 0 Å². The van der Waals surface area contributed by atoms with Gasteiger partial charge in [0.05, 0.1) is 11.9 Å². The molecule has 1 atom stereocenters. The molecular formula is C16H22N4O. The van der Waals surface area contributed by atoms with Gasteiger partial charge in [-0.25, -0.2) is 0 Å². The van der Waals surface area contributed by atoms with E-state index in [9.17, 15) is 4.79 Å². The highest BCUT2D eigenvalue weighted by Crippen LogP contribution is 2.11. The van der Waals surface area contributed by atoms with Crippen LogP contribution in [0.1, 0.15) is 36.3 Å². The molecule has 0 fully saturated rings. The van der Waals surface area contributed by atoms with Crippen molar-refractivity contribution in [2.45, 2.75) is 39.3 Å². The van der Waals surface area contributed by atoms with Crippen LogP contribution in [0.25, 0.3) is 0 Å². The lowest BCUT2D eigenvalue weighted by Gasteiger charge is -2.14. The second-order valence-electron chi connectivity index (χ2n) is 5.16. The van der Waals surface area contributed by atoms with Crippen molar-refractivity contribution in [1.82, 2.24) is 15.1 Å². The average Bonchev–Trinajstić information content (AvgIpc) is 2.87. The zero-order chi connectivity index (χ0) is 15.2. The van der Waals surface area contributed by atoms with E-state index in [1.807, 2.05) is 32.0 Å². The minimum absolute atomic E-state index is 0.0808. The number of nitrogens with one attached hydrogen (secondary N) is 1. The molecule has 1 heterocycles. The van der Waals surface area contributed by atoms with Crippen molar-refractivity contribution < 1.29 is 4.79 Å². The van der Waals surface area contributed by atoms with Crippen molar-refractivity contribution in [3.8, 4) is 0 Å². The third kappa shape index (κ3) is 3.84. The first-order valence-electron chi connectivity index (χ1n) is 7.28. The number of benzene rings is 1. The van der Waals surface area contributed by atoms with Gasteiger partial charge < -0.3 is 11.1 Å². The van der Waals surface area contributed by atoms with Gasteiger partial charge in [0, 0.05) is 12.6 Å². The average molecular weight is 286 g/mol. The number of hydrogen-bond acceptors (Lipinski definition) is 3. The van der Waals surface area contributed by atoms with Crippen molar-refractivity contribution in [1.29, 1.82) is 0 Å². The first kappa shape index (κ1) is 15.1. The number of nitrogen functional groups attached to an aromatic ring is 1. The lowest BCUT2D eigenvalue weighted by Crippen LogP contribution is -2.34. The van der Waals surface area contributed by atoms with Crippen LogP contribution in [0, 0.1) is 0 Å². The van der Waals surface area contributed by atoms with Crippen LogP contribution in [-0.2, 0) is 13.0 Å². The summed E-state index contributed by atoms with van der Waals surface area (Å²) >= 11 is 0. The molecule has 1 amide bonds. The number of amides is 1. The zero-order valence-electron chi connectivity index (χ0n) is 12.5. The summed E-state index contributed by atoms with van der Waals surface area (Å²) in [7, 11) is 0. The molecule has 21 heavy (non-hydrogen) atoms. The molecule has 0 aliphatic heterocycles. The topological polar surface area (TPSA) is 72.9 Å². The monoisotopic (exact) mass is 286 g/mol. The van der Waals surface area contributed by atoms with Crippen LogP contribution in [0.3, 0.4) is 0 Å². The molecule has 0 spiro atoms. The Hall–Kier alpha value is -2.30. The molecule has 3 N–H and O–H groups in total. The van der Waals surface area contributed by atoms with Crippen LogP contribution in [0.5, 0.6) is 0 Å². The number of carbonyl (C=O) groups is 1. The van der Waals surface area contributed by atoms with Crippen LogP contribution in [0.15, 0.2) is 36.5 Å². The molecule has 0 aliphatic carbocycles. The first-order valence-corrected chi connectivity index (χ1v) is 7.28. The van der Waals surface area contributed by atoms with E-state index in [1.54, 1.807) is 4.68 Å². The molecule has 1 aromatic carbocycles. The molecule has 1 unspecified atom stereocenters. The second kappa shape index (κ2) is 6.92. The number of hydrogen-bond donors (Lipinski definition) is 2. The summed E-state index contributed by atoms with van der Waals surface area (Å²) in [4.78, 5) is 12.3. The van der Waals surface area contributed by atoms with E-state index in [0.29, 0.717) is 17.9 Å². The summed E-state index contributed by atoms with van der Waals surface area (Å²) in [6.45, 7) is 4.56. The Balaban J connectivity index is 1.91. The van der Waals surface area contributed by atoms with Crippen molar-refractivity contribution >= 4 is 11.6 Å². The highest BCUT2D eigenvalue weighted by Gasteiger charge is 2.17. The fraction of sp³-hybridized carbons (Fsp3) is 0.375. The van der Waals surface area contributed by atoms with Gasteiger partial charge in [-0.1, -0.05) is 30.3 Å². The smallest absolute Gasteiger partial charge is 0.271 e. The van der Waals surface area contributed by atoms with Gasteiger partial charge in [0.15, 0.2) is 0 Å². The van der Waals surface area contributed by atoms with Gasteiger partial charge in [0.1, 0.15) is 5.69 Å². The molecule has 0 bridgehead atoms. The predicted molar refractivity (Wildman–Crippen MR) is 84.0 cm³/mol. The highest BCUT2D eigenvalue weighted by molar-refractivity contribution is 5.97. The summed E-state index contributed by atoms with van der Waals surface area (Å²) < 4.78 is 1.62. The van der Waals surface area contributed by atoms with Gasteiger partial charge in [-0.15, -0.1) is 0 Å². The van der Waals surface area contributed by atoms with Crippen molar-refractivity contribution in [2.75, 3.05) is 5.73 Å². The predicted octanol–water partition coefficient (Wildman–Crippen LogP) is 2.24. The summed E-state index contributed by atoms with van der Waals surface area (Å²) in [5, 5.41) is 7.08. The zero-order valence-corrected chi connectivity index (χ0v) is 12.5. The molecule has 5 nitrogen and oxygen atoms in total. The van der Waals surface area contributed by atoms with E-state index >= 15 is 0 Å². The Kier molecular flexibility index (Phi) is 4.98. The molecule has 0 saturated heterocycles. The lowest BCUT2D eigenvalue weighted by molar-refractivity contribution is 0.0928. The van der Waals surface area contributed by atoms with Gasteiger partial charge in [-0.05, 0) is 32.3 Å². The van der Waals surface area contributed by atoms with Crippen LogP contribution >= 0.6 is 0 Å². The molecule has 1 aromatic heterocycles. The number of nitrogens with two attached hydrogens (primary N) is 1. The van der Waals surface area contributed by atoms with Crippen LogP contribution in [0.2, 0.25) is 0 Å². The number of carbonyl (C=O) groups excluding carboxylic acids is 1. The largest absolute Gasteiger partial charge is 0.396 e. The van der Waals surface area contributed by atoms with E-state index in [-0.39, 0.29) is 11.9 Å². The van der Waals surface area contributed by atoms with E-state index in [0.717, 1.165) is 12.8 Å². The van der Waals surface area contributed by atoms with Crippen molar-refractivity contribution in [3.05, 3.63) is 47.8 Å². The SMILES string of the molecule is CCn1ncc(N)c1C(=O)NC(C)CCc1ccccc1. The Morgan fingerprint density at radius 3 is 2.76 bits per heavy atom. The van der Waals surface area contributed by atoms with E-state index in [2.05, 4.69) is 22.5 Å². The Morgan fingerprint density at radius 1 is 1.38 bits per heavy atom. The first-order chi connectivity index (χ1) is 10.1. The second-order valence-corrected chi connectivity index (χ2v) is 5.16. The fourth-order valence-electron chi connectivity index (χ4n) is 2.28. The number of aromatic nitrogens is 2.